The van der Waals surface area contributed by atoms with Crippen molar-refractivity contribution in [3.05, 3.63) is 95.2 Å². The predicted octanol–water partition coefficient (Wildman–Crippen LogP) is 4.03. The van der Waals surface area contributed by atoms with Gasteiger partial charge in [0.05, 0.1) is 0 Å². The number of benzene rings is 2. The summed E-state index contributed by atoms with van der Waals surface area (Å²) < 4.78 is 11.4. The van der Waals surface area contributed by atoms with Crippen LogP contribution in [-0.4, -0.2) is 70.5 Å². The van der Waals surface area contributed by atoms with Gasteiger partial charge < -0.3 is 19.7 Å². The Morgan fingerprint density at radius 1 is 1.02 bits per heavy atom. The zero-order valence-electron chi connectivity index (χ0n) is 23.1. The molecule has 0 bridgehead atoms. The predicted molar refractivity (Wildman–Crippen MR) is 152 cm³/mol. The number of nitrogens with zero attached hydrogens (tertiary/aromatic N) is 2. The van der Waals surface area contributed by atoms with Gasteiger partial charge in [-0.05, 0) is 37.5 Å². The van der Waals surface area contributed by atoms with Crippen LogP contribution in [0.15, 0.2) is 84.1 Å². The first-order chi connectivity index (χ1) is 19.0. The van der Waals surface area contributed by atoms with Crippen molar-refractivity contribution in [2.45, 2.75) is 43.9 Å². The molecule has 2 atom stereocenters. The lowest BCUT2D eigenvalue weighted by atomic mass is 10.0. The maximum atomic E-state index is 13.9. The zero-order valence-corrected chi connectivity index (χ0v) is 23.9. The highest BCUT2D eigenvalue weighted by atomic mass is 32.2. The molecule has 0 spiro atoms. The average Bonchev–Trinajstić information content (AvgIpc) is 2.92. The van der Waals surface area contributed by atoms with Gasteiger partial charge in [0.2, 0.25) is 5.91 Å². The number of rotatable bonds is 7. The van der Waals surface area contributed by atoms with E-state index in [-0.39, 0.29) is 11.6 Å². The normalized spacial score (nSPS) is 18.8. The summed E-state index contributed by atoms with van der Waals surface area (Å²) in [6.07, 6.45) is 1.46. The first-order valence-corrected chi connectivity index (χ1v) is 13.9. The van der Waals surface area contributed by atoms with Gasteiger partial charge in [-0.3, -0.25) is 14.5 Å². The number of carbonyl (C=O) groups is 4. The van der Waals surface area contributed by atoms with Crippen molar-refractivity contribution in [1.82, 2.24) is 15.1 Å². The molecule has 0 saturated carbocycles. The molecule has 4 rings (SSSR count). The highest BCUT2D eigenvalue weighted by Crippen LogP contribution is 2.42. The minimum atomic E-state index is -0.865. The fourth-order valence-electron chi connectivity index (χ4n) is 4.26. The summed E-state index contributed by atoms with van der Waals surface area (Å²) in [6.45, 7) is 5.20. The Balaban J connectivity index is 1.66. The van der Waals surface area contributed by atoms with Gasteiger partial charge in [-0.2, -0.15) is 0 Å². The number of ether oxygens (including phenoxy) is 2. The molecule has 1 N–H and O–H groups in total. The van der Waals surface area contributed by atoms with Crippen LogP contribution >= 0.6 is 11.8 Å². The maximum Gasteiger partial charge on any atom is 0.408 e. The molecule has 0 radical (unpaired) electrons. The minimum absolute atomic E-state index is 0.0515. The second-order valence-corrected chi connectivity index (χ2v) is 11.7. The number of β-lactam (4-membered cyclic amide) rings is 1. The van der Waals surface area contributed by atoms with E-state index in [9.17, 15) is 19.2 Å². The third-order valence-corrected chi connectivity index (χ3v) is 7.46. The maximum absolute atomic E-state index is 13.9. The van der Waals surface area contributed by atoms with Gasteiger partial charge in [0.1, 0.15) is 22.7 Å². The van der Waals surface area contributed by atoms with Gasteiger partial charge in [0.15, 0.2) is 6.10 Å². The number of fused-ring (bicyclic) bond motifs is 1. The van der Waals surface area contributed by atoms with Crippen LogP contribution in [0.4, 0.5) is 4.79 Å². The van der Waals surface area contributed by atoms with E-state index >= 15 is 0 Å². The van der Waals surface area contributed by atoms with Gasteiger partial charge in [-0.1, -0.05) is 66.7 Å². The summed E-state index contributed by atoms with van der Waals surface area (Å²) in [5.41, 5.74) is 1.33. The molecule has 0 aliphatic carbocycles. The van der Waals surface area contributed by atoms with Gasteiger partial charge in [-0.25, -0.2) is 9.59 Å². The molecule has 2 aliphatic heterocycles. The molecule has 2 aromatic rings. The molecule has 0 aromatic heterocycles. The third-order valence-electron chi connectivity index (χ3n) is 6.16. The number of thioether (sulfide) groups is 1. The summed E-state index contributed by atoms with van der Waals surface area (Å²) in [4.78, 5) is 54.6. The number of nitrogens with one attached hydrogen (secondary N) is 1. The summed E-state index contributed by atoms with van der Waals surface area (Å²) in [6, 6.07) is 17.8. The van der Waals surface area contributed by atoms with Gasteiger partial charge >= 0.3 is 12.1 Å². The number of carbonyl (C=O) groups excluding carboxylic acids is 4. The molecule has 1 fully saturated rings. The van der Waals surface area contributed by atoms with Crippen molar-refractivity contribution >= 4 is 35.6 Å². The van der Waals surface area contributed by atoms with Gasteiger partial charge in [-0.15, -0.1) is 11.8 Å². The van der Waals surface area contributed by atoms with E-state index in [1.807, 2.05) is 60.7 Å². The summed E-state index contributed by atoms with van der Waals surface area (Å²) >= 11 is 1.38. The van der Waals surface area contributed by atoms with Gasteiger partial charge in [0, 0.05) is 25.9 Å². The molecule has 0 unspecified atom stereocenters. The number of allylic oxidation sites excluding steroid dienone is 1. The average molecular weight is 564 g/mol. The van der Waals surface area contributed by atoms with Crippen molar-refractivity contribution in [2.75, 3.05) is 19.8 Å². The van der Waals surface area contributed by atoms with E-state index in [0.29, 0.717) is 11.3 Å². The van der Waals surface area contributed by atoms with Crippen LogP contribution in [-0.2, 0) is 23.9 Å². The number of amides is 3. The highest BCUT2D eigenvalue weighted by molar-refractivity contribution is 8.00. The van der Waals surface area contributed by atoms with Crippen molar-refractivity contribution in [1.29, 1.82) is 0 Å². The van der Waals surface area contributed by atoms with E-state index in [1.165, 1.54) is 27.6 Å². The standard InChI is InChI=1S/C30H33N3O6S/c1-30(2,3)39-29(37)31-23-26(35)33-24(21(18-40-27(23)33)16-17-22(34)32(4)5)28(36)38-25(19-12-8-6-9-13-19)20-14-10-7-11-15-20/h6-17,23,25,27H,18H2,1-5H3,(H,31,37)/b17-16+/t23-,27-/m1/s1. The molecule has 40 heavy (non-hydrogen) atoms. The van der Waals surface area contributed by atoms with Crippen LogP contribution in [0.5, 0.6) is 0 Å². The molecule has 3 amide bonds. The van der Waals surface area contributed by atoms with Crippen molar-refractivity contribution in [3.63, 3.8) is 0 Å². The molecule has 1 saturated heterocycles. The first kappa shape index (κ1) is 28.9. The number of likely N-dealkylation sites (N-methyl/N-ethyl adjacent to an activating group) is 1. The highest BCUT2D eigenvalue weighted by Gasteiger charge is 2.54. The molecule has 10 heteroatoms. The monoisotopic (exact) mass is 563 g/mol. The van der Waals surface area contributed by atoms with Gasteiger partial charge in [0.25, 0.3) is 5.91 Å². The molecular weight excluding hydrogens is 530 g/mol. The zero-order chi connectivity index (χ0) is 29.0. The molecule has 210 valence electrons. The Bertz CT molecular complexity index is 1290. The Morgan fingerprint density at radius 3 is 2.12 bits per heavy atom. The molecule has 2 heterocycles. The third kappa shape index (κ3) is 6.56. The van der Waals surface area contributed by atoms with E-state index in [4.69, 9.17) is 9.47 Å². The largest absolute Gasteiger partial charge is 0.448 e. The summed E-state index contributed by atoms with van der Waals surface area (Å²) in [5, 5.41) is 2.10. The summed E-state index contributed by atoms with van der Waals surface area (Å²) in [5.74, 6) is -1.11. The van der Waals surface area contributed by atoms with Crippen LogP contribution in [0.1, 0.15) is 38.0 Å². The van der Waals surface area contributed by atoms with Crippen molar-refractivity contribution in [3.8, 4) is 0 Å². The Labute approximate surface area is 238 Å². The summed E-state index contributed by atoms with van der Waals surface area (Å²) in [7, 11) is 3.25. The van der Waals surface area contributed by atoms with Crippen LogP contribution in [0.3, 0.4) is 0 Å². The second kappa shape index (κ2) is 12.0. The number of hydrogen-bond donors (Lipinski definition) is 1. The van der Waals surface area contributed by atoms with Crippen LogP contribution in [0.2, 0.25) is 0 Å². The topological polar surface area (TPSA) is 105 Å². The molecular formula is C30H33N3O6S. The Kier molecular flexibility index (Phi) is 8.68. The van der Waals surface area contributed by atoms with Crippen molar-refractivity contribution in [2.24, 2.45) is 0 Å². The fourth-order valence-corrected chi connectivity index (χ4v) is 5.58. The van der Waals surface area contributed by atoms with Crippen LogP contribution in [0, 0.1) is 0 Å². The van der Waals surface area contributed by atoms with Crippen molar-refractivity contribution < 1.29 is 28.7 Å². The van der Waals surface area contributed by atoms with E-state index in [0.717, 1.165) is 11.1 Å². The quantitative estimate of drug-likeness (QED) is 0.308. The van der Waals surface area contributed by atoms with E-state index in [2.05, 4.69) is 5.32 Å². The van der Waals surface area contributed by atoms with Crippen LogP contribution < -0.4 is 5.32 Å². The van der Waals surface area contributed by atoms with E-state index in [1.54, 1.807) is 40.9 Å². The van der Waals surface area contributed by atoms with E-state index < -0.39 is 41.1 Å². The number of hydrogen-bond acceptors (Lipinski definition) is 7. The SMILES string of the molecule is CN(C)C(=O)/C=C/C1=C(C(=O)OC(c2ccccc2)c2ccccc2)N2C(=O)[C@@H](NC(=O)OC(C)(C)C)[C@H]2SC1. The fraction of sp³-hybridized carbons (Fsp3) is 0.333. The number of esters is 1. The second-order valence-electron chi connectivity index (χ2n) is 10.6. The Morgan fingerprint density at radius 2 is 1.60 bits per heavy atom. The smallest absolute Gasteiger partial charge is 0.408 e. The lowest BCUT2D eigenvalue weighted by molar-refractivity contribution is -0.153. The minimum Gasteiger partial charge on any atom is -0.448 e. The molecule has 2 aliphatic rings. The lowest BCUT2D eigenvalue weighted by Crippen LogP contribution is -2.70. The lowest BCUT2D eigenvalue weighted by Gasteiger charge is -2.49. The molecule has 9 nitrogen and oxygen atoms in total. The number of alkyl carbamates (subject to hydrolysis) is 1. The molecule has 2 aromatic carbocycles. The Hall–Kier alpha value is -4.05. The van der Waals surface area contributed by atoms with Crippen LogP contribution in [0.25, 0.3) is 0 Å². The first-order valence-electron chi connectivity index (χ1n) is 12.8.